The monoisotopic (exact) mass is 258 g/mol. The van der Waals surface area contributed by atoms with Gasteiger partial charge in [0.2, 0.25) is 5.91 Å². The molecule has 98 valence electrons. The smallest absolute Gasteiger partial charge is 0.236 e. The number of carbonyl (C=O) groups is 1. The van der Waals surface area contributed by atoms with Crippen LogP contribution in [-0.2, 0) is 9.53 Å². The lowest BCUT2D eigenvalue weighted by molar-refractivity contribution is -0.123. The highest BCUT2D eigenvalue weighted by molar-refractivity contribution is 7.99. The number of carbonyl (C=O) groups excluding carboxylic acids is 1. The number of ether oxygens (including phenoxy) is 1. The van der Waals surface area contributed by atoms with E-state index in [0.29, 0.717) is 6.04 Å². The van der Waals surface area contributed by atoms with Gasteiger partial charge in [0.1, 0.15) is 0 Å². The van der Waals surface area contributed by atoms with Crippen molar-refractivity contribution in [1.82, 2.24) is 10.6 Å². The number of hydrogen-bond acceptors (Lipinski definition) is 4. The summed E-state index contributed by atoms with van der Waals surface area (Å²) in [6.07, 6.45) is 3.21. The zero-order valence-corrected chi connectivity index (χ0v) is 11.4. The normalized spacial score (nSPS) is 34.8. The topological polar surface area (TPSA) is 50.4 Å². The van der Waals surface area contributed by atoms with E-state index in [4.69, 9.17) is 4.74 Å². The first-order valence-electron chi connectivity index (χ1n) is 6.34. The molecule has 3 atom stereocenters. The second-order valence-corrected chi connectivity index (χ2v) is 6.13. The van der Waals surface area contributed by atoms with Crippen LogP contribution in [0.2, 0.25) is 0 Å². The molecule has 2 saturated heterocycles. The van der Waals surface area contributed by atoms with Gasteiger partial charge in [-0.3, -0.25) is 4.79 Å². The maximum Gasteiger partial charge on any atom is 0.236 e. The number of rotatable bonds is 3. The van der Waals surface area contributed by atoms with Crippen molar-refractivity contribution < 1.29 is 9.53 Å². The zero-order valence-electron chi connectivity index (χ0n) is 10.6. The van der Waals surface area contributed by atoms with Crippen molar-refractivity contribution >= 4 is 17.7 Å². The van der Waals surface area contributed by atoms with Crippen LogP contribution in [0.25, 0.3) is 0 Å². The van der Waals surface area contributed by atoms with E-state index in [0.717, 1.165) is 31.6 Å². The van der Waals surface area contributed by atoms with Crippen molar-refractivity contribution in [3.05, 3.63) is 0 Å². The van der Waals surface area contributed by atoms with Gasteiger partial charge in [-0.2, -0.15) is 11.8 Å². The van der Waals surface area contributed by atoms with Gasteiger partial charge in [-0.25, -0.2) is 0 Å². The van der Waals surface area contributed by atoms with Crippen LogP contribution >= 0.6 is 11.8 Å². The molecule has 1 amide bonds. The summed E-state index contributed by atoms with van der Waals surface area (Å²) in [7, 11) is 1.68. The van der Waals surface area contributed by atoms with Crippen molar-refractivity contribution in [2.45, 2.75) is 43.9 Å². The first-order valence-corrected chi connectivity index (χ1v) is 7.50. The lowest BCUT2D eigenvalue weighted by Gasteiger charge is -2.38. The van der Waals surface area contributed by atoms with E-state index >= 15 is 0 Å². The van der Waals surface area contributed by atoms with Gasteiger partial charge in [0.15, 0.2) is 0 Å². The summed E-state index contributed by atoms with van der Waals surface area (Å²) in [5.41, 5.74) is 0.0863. The number of thioether (sulfide) groups is 1. The van der Waals surface area contributed by atoms with Crippen LogP contribution < -0.4 is 10.6 Å². The lowest BCUT2D eigenvalue weighted by Crippen LogP contribution is -2.52. The molecule has 0 aromatic carbocycles. The maximum absolute atomic E-state index is 11.5. The van der Waals surface area contributed by atoms with E-state index in [2.05, 4.69) is 10.6 Å². The number of amides is 1. The predicted molar refractivity (Wildman–Crippen MR) is 70.3 cm³/mol. The molecule has 3 unspecified atom stereocenters. The molecule has 5 heteroatoms. The molecule has 2 N–H and O–H groups in total. The molecule has 0 radical (unpaired) electrons. The van der Waals surface area contributed by atoms with E-state index in [-0.39, 0.29) is 17.6 Å². The molecule has 2 heterocycles. The summed E-state index contributed by atoms with van der Waals surface area (Å²) in [6.45, 7) is 2.74. The molecule has 2 fully saturated rings. The molecule has 2 aliphatic heterocycles. The van der Waals surface area contributed by atoms with Gasteiger partial charge in [-0.1, -0.05) is 0 Å². The Morgan fingerprint density at radius 1 is 1.59 bits per heavy atom. The van der Waals surface area contributed by atoms with Gasteiger partial charge in [-0.15, -0.1) is 0 Å². The Hall–Kier alpha value is -0.260. The summed E-state index contributed by atoms with van der Waals surface area (Å²) in [4.78, 5) is 11.5. The quantitative estimate of drug-likeness (QED) is 0.785. The van der Waals surface area contributed by atoms with E-state index in [1.54, 1.807) is 7.05 Å². The highest BCUT2D eigenvalue weighted by atomic mass is 32.2. The predicted octanol–water partition coefficient (Wildman–Crippen LogP) is 0.765. The first-order chi connectivity index (χ1) is 8.15. The Bertz CT molecular complexity index is 280. The second kappa shape index (κ2) is 5.59. The molecule has 17 heavy (non-hydrogen) atoms. The Balaban J connectivity index is 1.87. The van der Waals surface area contributed by atoms with E-state index < -0.39 is 0 Å². The average Bonchev–Trinajstić information content (AvgIpc) is 2.76. The van der Waals surface area contributed by atoms with E-state index in [1.165, 1.54) is 5.75 Å². The summed E-state index contributed by atoms with van der Waals surface area (Å²) in [6, 6.07) is 0.295. The van der Waals surface area contributed by atoms with Gasteiger partial charge in [0, 0.05) is 25.4 Å². The van der Waals surface area contributed by atoms with Crippen molar-refractivity contribution in [1.29, 1.82) is 0 Å². The van der Waals surface area contributed by atoms with Crippen LogP contribution in [-0.4, -0.2) is 48.8 Å². The fourth-order valence-corrected chi connectivity index (χ4v) is 4.06. The van der Waals surface area contributed by atoms with Crippen molar-refractivity contribution in [3.63, 3.8) is 0 Å². The largest absolute Gasteiger partial charge is 0.374 e. The number of likely N-dealkylation sites (N-methyl/N-ethyl adjacent to an activating group) is 1. The minimum atomic E-state index is -0.116. The van der Waals surface area contributed by atoms with Crippen molar-refractivity contribution in [2.24, 2.45) is 0 Å². The van der Waals surface area contributed by atoms with Crippen LogP contribution in [0.1, 0.15) is 26.2 Å². The SMILES string of the molecule is CNC(=O)C(C)NC1CCOC2(CCSC2)C1. The van der Waals surface area contributed by atoms with Gasteiger partial charge >= 0.3 is 0 Å². The number of hydrogen-bond donors (Lipinski definition) is 2. The molecule has 0 aromatic rings. The van der Waals surface area contributed by atoms with Gasteiger partial charge in [-0.05, 0) is 31.9 Å². The zero-order chi connectivity index (χ0) is 12.3. The molecule has 0 saturated carbocycles. The highest BCUT2D eigenvalue weighted by Gasteiger charge is 2.40. The van der Waals surface area contributed by atoms with Gasteiger partial charge < -0.3 is 15.4 Å². The van der Waals surface area contributed by atoms with Crippen LogP contribution in [0.5, 0.6) is 0 Å². The van der Waals surface area contributed by atoms with Crippen molar-refractivity contribution in [3.8, 4) is 0 Å². The maximum atomic E-state index is 11.5. The van der Waals surface area contributed by atoms with Crippen LogP contribution in [0, 0.1) is 0 Å². The average molecular weight is 258 g/mol. The molecule has 0 aromatic heterocycles. The molecule has 4 nitrogen and oxygen atoms in total. The first kappa shape index (κ1) is 13.2. The Labute approximate surface area is 107 Å². The fourth-order valence-electron chi connectivity index (χ4n) is 2.68. The third kappa shape index (κ3) is 3.14. The van der Waals surface area contributed by atoms with E-state index in [1.807, 2.05) is 18.7 Å². The van der Waals surface area contributed by atoms with Gasteiger partial charge in [0.05, 0.1) is 11.6 Å². The summed E-state index contributed by atoms with van der Waals surface area (Å²) in [5.74, 6) is 2.38. The van der Waals surface area contributed by atoms with Gasteiger partial charge in [0.25, 0.3) is 0 Å². The third-order valence-electron chi connectivity index (χ3n) is 3.69. The summed E-state index contributed by atoms with van der Waals surface area (Å²) in [5, 5.41) is 6.10. The molecular formula is C12H22N2O2S. The summed E-state index contributed by atoms with van der Waals surface area (Å²) < 4.78 is 5.96. The molecule has 0 bridgehead atoms. The Kier molecular flexibility index (Phi) is 4.33. The fraction of sp³-hybridized carbons (Fsp3) is 0.917. The minimum absolute atomic E-state index is 0.0614. The Morgan fingerprint density at radius 3 is 3.06 bits per heavy atom. The standard InChI is InChI=1S/C12H22N2O2S/c1-9(11(15)13-2)14-10-3-5-16-12(7-10)4-6-17-8-12/h9-10,14H,3-8H2,1-2H3,(H,13,15). The Morgan fingerprint density at radius 2 is 2.41 bits per heavy atom. The molecule has 1 spiro atoms. The molecule has 2 rings (SSSR count). The lowest BCUT2D eigenvalue weighted by atomic mass is 9.89. The van der Waals surface area contributed by atoms with Crippen LogP contribution in [0.3, 0.4) is 0 Å². The van der Waals surface area contributed by atoms with Crippen LogP contribution in [0.15, 0.2) is 0 Å². The highest BCUT2D eigenvalue weighted by Crippen LogP contribution is 2.38. The minimum Gasteiger partial charge on any atom is -0.374 e. The van der Waals surface area contributed by atoms with Crippen LogP contribution in [0.4, 0.5) is 0 Å². The molecule has 2 aliphatic rings. The summed E-state index contributed by atoms with van der Waals surface area (Å²) >= 11 is 1.98. The molecule has 0 aliphatic carbocycles. The molecular weight excluding hydrogens is 236 g/mol. The van der Waals surface area contributed by atoms with E-state index in [9.17, 15) is 4.79 Å². The number of nitrogens with one attached hydrogen (secondary N) is 2. The third-order valence-corrected chi connectivity index (χ3v) is 4.91. The van der Waals surface area contributed by atoms with Crippen molar-refractivity contribution in [2.75, 3.05) is 25.2 Å². The second-order valence-electron chi connectivity index (χ2n) is 5.03.